The van der Waals surface area contributed by atoms with Gasteiger partial charge in [-0.3, -0.25) is 0 Å². The van der Waals surface area contributed by atoms with Crippen molar-refractivity contribution in [1.82, 2.24) is 10.2 Å². The lowest BCUT2D eigenvalue weighted by Crippen LogP contribution is -1.86. The highest BCUT2D eigenvalue weighted by Crippen LogP contribution is 2.08. The Balaban J connectivity index is 2.80. The third kappa shape index (κ3) is 2.40. The second-order valence-electron chi connectivity index (χ2n) is 2.11. The number of aromatic amines is 1. The standard InChI is InChI=1S/C6H5N3O4/c10-6(11)2-1-4-3-5(8-7-4)9(12)13/h1-3H,(H,7,8)(H,10,11)/b2-1+. The number of aromatic nitrogens is 2. The molecule has 0 aromatic carbocycles. The minimum atomic E-state index is -1.13. The maximum Gasteiger partial charge on any atom is 0.343 e. The fourth-order valence-electron chi connectivity index (χ4n) is 0.662. The van der Waals surface area contributed by atoms with Gasteiger partial charge in [-0.1, -0.05) is 5.10 Å². The number of carbonyl (C=O) groups is 1. The van der Waals surface area contributed by atoms with Gasteiger partial charge in [-0.05, 0) is 11.0 Å². The topological polar surface area (TPSA) is 109 Å². The first kappa shape index (κ1) is 8.91. The third-order valence-electron chi connectivity index (χ3n) is 1.18. The number of aliphatic carboxylic acids is 1. The zero-order chi connectivity index (χ0) is 9.84. The highest BCUT2D eigenvalue weighted by Gasteiger charge is 2.06. The SMILES string of the molecule is O=C(O)/C=C/c1cc([N+](=O)[O-])[nH]n1. The molecule has 0 spiro atoms. The minimum absolute atomic E-state index is 0.203. The van der Waals surface area contributed by atoms with Crippen LogP contribution in [-0.2, 0) is 4.79 Å². The van der Waals surface area contributed by atoms with E-state index in [1.54, 1.807) is 0 Å². The lowest BCUT2D eigenvalue weighted by molar-refractivity contribution is -0.389. The molecule has 0 saturated heterocycles. The maximum absolute atomic E-state index is 10.1. The van der Waals surface area contributed by atoms with Crippen LogP contribution in [0.2, 0.25) is 0 Å². The summed E-state index contributed by atoms with van der Waals surface area (Å²) in [5.41, 5.74) is 0.203. The predicted octanol–water partition coefficient (Wildman–Crippen LogP) is 0.416. The van der Waals surface area contributed by atoms with Gasteiger partial charge in [-0.15, -0.1) is 5.10 Å². The molecule has 7 nitrogen and oxygen atoms in total. The van der Waals surface area contributed by atoms with E-state index in [1.165, 1.54) is 0 Å². The van der Waals surface area contributed by atoms with E-state index < -0.39 is 10.9 Å². The van der Waals surface area contributed by atoms with Gasteiger partial charge in [0.2, 0.25) is 0 Å². The van der Waals surface area contributed by atoms with E-state index in [-0.39, 0.29) is 11.5 Å². The molecule has 1 rings (SSSR count). The molecule has 1 aromatic heterocycles. The van der Waals surface area contributed by atoms with Crippen LogP contribution in [0.25, 0.3) is 6.08 Å². The van der Waals surface area contributed by atoms with Crippen LogP contribution in [0.5, 0.6) is 0 Å². The summed E-state index contributed by atoms with van der Waals surface area (Å²) in [7, 11) is 0. The Bertz CT molecular complexity index is 368. The molecule has 2 N–H and O–H groups in total. The van der Waals surface area contributed by atoms with Gasteiger partial charge in [0.25, 0.3) is 0 Å². The number of H-pyrrole nitrogens is 1. The highest BCUT2D eigenvalue weighted by atomic mass is 16.6. The van der Waals surface area contributed by atoms with E-state index in [0.717, 1.165) is 18.2 Å². The van der Waals surface area contributed by atoms with Crippen molar-refractivity contribution in [1.29, 1.82) is 0 Å². The van der Waals surface area contributed by atoms with Crippen molar-refractivity contribution in [3.05, 3.63) is 28.0 Å². The number of nitrogens with zero attached hydrogens (tertiary/aromatic N) is 2. The molecule has 0 bridgehead atoms. The molecule has 0 unspecified atom stereocenters. The molecule has 0 radical (unpaired) electrons. The fourth-order valence-corrected chi connectivity index (χ4v) is 0.662. The Morgan fingerprint density at radius 1 is 1.77 bits per heavy atom. The molecule has 0 aliphatic heterocycles. The molecule has 1 aromatic rings. The summed E-state index contributed by atoms with van der Waals surface area (Å²) in [5.74, 6) is -1.41. The number of hydrogen-bond donors (Lipinski definition) is 2. The summed E-state index contributed by atoms with van der Waals surface area (Å²) in [4.78, 5) is 19.6. The van der Waals surface area contributed by atoms with Crippen molar-refractivity contribution in [2.75, 3.05) is 0 Å². The lowest BCUT2D eigenvalue weighted by Gasteiger charge is -1.83. The third-order valence-corrected chi connectivity index (χ3v) is 1.18. The van der Waals surface area contributed by atoms with E-state index in [9.17, 15) is 14.9 Å². The number of hydrogen-bond acceptors (Lipinski definition) is 4. The van der Waals surface area contributed by atoms with Crippen LogP contribution in [0, 0.1) is 10.1 Å². The molecule has 0 saturated carbocycles. The number of nitrogens with one attached hydrogen (secondary N) is 1. The second kappa shape index (κ2) is 3.48. The molecular formula is C6H5N3O4. The summed E-state index contributed by atoms with van der Waals surface area (Å²) in [6, 6.07) is 1.14. The first-order valence-corrected chi connectivity index (χ1v) is 3.20. The van der Waals surface area contributed by atoms with Crippen molar-refractivity contribution in [3.63, 3.8) is 0 Å². The van der Waals surface area contributed by atoms with Crippen molar-refractivity contribution < 1.29 is 14.8 Å². The Morgan fingerprint density at radius 2 is 2.46 bits per heavy atom. The Hall–Kier alpha value is -2.18. The Kier molecular flexibility index (Phi) is 2.38. The first-order valence-electron chi connectivity index (χ1n) is 3.20. The largest absolute Gasteiger partial charge is 0.478 e. The maximum atomic E-state index is 10.1. The molecule has 68 valence electrons. The van der Waals surface area contributed by atoms with Gasteiger partial charge in [-0.2, -0.15) is 0 Å². The van der Waals surface area contributed by atoms with Crippen LogP contribution in [0.15, 0.2) is 12.1 Å². The van der Waals surface area contributed by atoms with Crippen molar-refractivity contribution in [2.24, 2.45) is 0 Å². The summed E-state index contributed by atoms with van der Waals surface area (Å²) >= 11 is 0. The van der Waals surface area contributed by atoms with Crippen LogP contribution in [0.3, 0.4) is 0 Å². The zero-order valence-electron chi connectivity index (χ0n) is 6.30. The summed E-state index contributed by atoms with van der Waals surface area (Å²) < 4.78 is 0. The van der Waals surface area contributed by atoms with Gasteiger partial charge in [0, 0.05) is 6.08 Å². The summed E-state index contributed by atoms with van der Waals surface area (Å²) in [6.07, 6.45) is 2.01. The molecule has 0 aliphatic rings. The molecule has 0 atom stereocenters. The van der Waals surface area contributed by atoms with Gasteiger partial charge in [-0.25, -0.2) is 4.79 Å². The monoisotopic (exact) mass is 183 g/mol. The van der Waals surface area contributed by atoms with E-state index >= 15 is 0 Å². The molecule has 7 heteroatoms. The van der Waals surface area contributed by atoms with Crippen LogP contribution >= 0.6 is 0 Å². The van der Waals surface area contributed by atoms with E-state index in [2.05, 4.69) is 10.2 Å². The summed E-state index contributed by atoms with van der Waals surface area (Å²) in [5, 5.41) is 24.0. The van der Waals surface area contributed by atoms with Crippen LogP contribution in [-0.4, -0.2) is 26.2 Å². The average Bonchev–Trinajstić information content (AvgIpc) is 2.48. The van der Waals surface area contributed by atoms with Gasteiger partial charge in [0.05, 0.1) is 6.07 Å². The van der Waals surface area contributed by atoms with Crippen molar-refractivity contribution in [3.8, 4) is 0 Å². The highest BCUT2D eigenvalue weighted by molar-refractivity contribution is 5.84. The number of carboxylic acids is 1. The average molecular weight is 183 g/mol. The van der Waals surface area contributed by atoms with E-state index in [0.29, 0.717) is 0 Å². The van der Waals surface area contributed by atoms with Gasteiger partial charge >= 0.3 is 11.8 Å². The normalized spacial score (nSPS) is 10.5. The zero-order valence-corrected chi connectivity index (χ0v) is 6.30. The quantitative estimate of drug-likeness (QED) is 0.400. The minimum Gasteiger partial charge on any atom is -0.478 e. The second-order valence-corrected chi connectivity index (χ2v) is 2.11. The molecule has 0 fully saturated rings. The van der Waals surface area contributed by atoms with Crippen molar-refractivity contribution >= 4 is 17.9 Å². The van der Waals surface area contributed by atoms with Gasteiger partial charge in [0.1, 0.15) is 5.69 Å². The smallest absolute Gasteiger partial charge is 0.343 e. The predicted molar refractivity (Wildman–Crippen MR) is 41.9 cm³/mol. The molecule has 1 heterocycles. The Morgan fingerprint density at radius 3 is 2.92 bits per heavy atom. The van der Waals surface area contributed by atoms with Crippen LogP contribution < -0.4 is 0 Å². The van der Waals surface area contributed by atoms with Crippen LogP contribution in [0.4, 0.5) is 5.82 Å². The van der Waals surface area contributed by atoms with Crippen molar-refractivity contribution in [2.45, 2.75) is 0 Å². The van der Waals surface area contributed by atoms with Crippen LogP contribution in [0.1, 0.15) is 5.69 Å². The number of carboxylic acid groups (broad SMARTS) is 1. The lowest BCUT2D eigenvalue weighted by atomic mass is 10.4. The van der Waals surface area contributed by atoms with E-state index in [4.69, 9.17) is 5.11 Å². The van der Waals surface area contributed by atoms with Gasteiger partial charge < -0.3 is 15.2 Å². The number of nitro groups is 1. The molecule has 0 aliphatic carbocycles. The van der Waals surface area contributed by atoms with E-state index in [1.807, 2.05) is 0 Å². The fraction of sp³-hybridized carbons (Fsp3) is 0. The summed E-state index contributed by atoms with van der Waals surface area (Å²) in [6.45, 7) is 0. The van der Waals surface area contributed by atoms with Gasteiger partial charge in [0.15, 0.2) is 0 Å². The first-order chi connectivity index (χ1) is 6.09. The Labute approximate surface area is 71.8 Å². The number of rotatable bonds is 3. The molecule has 13 heavy (non-hydrogen) atoms. The molecular weight excluding hydrogens is 178 g/mol. The molecule has 0 amide bonds.